The lowest BCUT2D eigenvalue weighted by molar-refractivity contribution is -0.122. The fourth-order valence-electron chi connectivity index (χ4n) is 5.13. The average molecular weight is 621 g/mol. The summed E-state index contributed by atoms with van der Waals surface area (Å²) in [7, 11) is 0. The number of aryl methyl sites for hydroxylation is 1. The van der Waals surface area contributed by atoms with Gasteiger partial charge in [0.15, 0.2) is 0 Å². The fourth-order valence-corrected chi connectivity index (χ4v) is 8.32. The van der Waals surface area contributed by atoms with Gasteiger partial charge in [-0.1, -0.05) is 87.1 Å². The predicted molar refractivity (Wildman–Crippen MR) is 156 cm³/mol. The number of nitrogens with one attached hydrogen (secondary N) is 1. The number of hydrogen-bond donors (Lipinski definition) is 1. The van der Waals surface area contributed by atoms with Crippen LogP contribution in [-0.4, -0.2) is 27.5 Å². The number of nitrogens with zero attached hydrogens (tertiary/aromatic N) is 2. The van der Waals surface area contributed by atoms with Gasteiger partial charge in [0.2, 0.25) is 17.7 Å². The number of fused-ring (bicyclic) bond motifs is 2. The van der Waals surface area contributed by atoms with Crippen LogP contribution in [0.15, 0.2) is 93.2 Å². The highest BCUT2D eigenvalue weighted by molar-refractivity contribution is 9.10. The Morgan fingerprint density at radius 2 is 1.69 bits per heavy atom. The van der Waals surface area contributed by atoms with Crippen LogP contribution in [0.1, 0.15) is 21.9 Å². The number of carbonyl (C=O) groups excluding carboxylic acids is 3. The van der Waals surface area contributed by atoms with Gasteiger partial charge < -0.3 is 5.32 Å². The van der Waals surface area contributed by atoms with Crippen molar-refractivity contribution in [3.8, 4) is 0 Å². The Hall–Kier alpha value is -3.47. The van der Waals surface area contributed by atoms with Crippen molar-refractivity contribution in [2.45, 2.75) is 29.7 Å². The summed E-state index contributed by atoms with van der Waals surface area (Å²) in [5.41, 5.74) is 3.01. The summed E-state index contributed by atoms with van der Waals surface area (Å²) in [6.45, 7) is 1.75. The molecule has 196 valence electrons. The Morgan fingerprint density at radius 1 is 0.949 bits per heavy atom. The summed E-state index contributed by atoms with van der Waals surface area (Å²) >= 11 is 5.77. The van der Waals surface area contributed by atoms with Gasteiger partial charge in [0.1, 0.15) is 11.8 Å². The van der Waals surface area contributed by atoms with E-state index >= 15 is 0 Å². The summed E-state index contributed by atoms with van der Waals surface area (Å²) in [4.78, 5) is 55.5. The maximum Gasteiger partial charge on any atom is 0.308 e. The van der Waals surface area contributed by atoms with E-state index in [0.717, 1.165) is 26.9 Å². The molecule has 0 aliphatic carbocycles. The van der Waals surface area contributed by atoms with Crippen LogP contribution in [0.5, 0.6) is 0 Å². The van der Waals surface area contributed by atoms with Gasteiger partial charge in [0.05, 0.1) is 16.6 Å². The molecule has 6 rings (SSSR count). The molecule has 3 atom stereocenters. The first kappa shape index (κ1) is 25.8. The molecule has 1 fully saturated rings. The third kappa shape index (κ3) is 4.66. The molecule has 0 saturated carbocycles. The third-order valence-electron chi connectivity index (χ3n) is 6.91. The van der Waals surface area contributed by atoms with E-state index in [0.29, 0.717) is 21.3 Å². The van der Waals surface area contributed by atoms with Crippen LogP contribution in [0.3, 0.4) is 0 Å². The predicted octanol–water partition coefficient (Wildman–Crippen LogP) is 5.42. The summed E-state index contributed by atoms with van der Waals surface area (Å²) in [5.74, 6) is -2.14. The number of aromatic nitrogens is 1. The Morgan fingerprint density at radius 3 is 2.41 bits per heavy atom. The van der Waals surface area contributed by atoms with E-state index < -0.39 is 17.1 Å². The zero-order valence-electron chi connectivity index (χ0n) is 20.7. The molecule has 0 radical (unpaired) electrons. The van der Waals surface area contributed by atoms with E-state index in [-0.39, 0.29) is 29.1 Å². The molecular formula is C29H22BrN3O4S2. The minimum absolute atomic E-state index is 0.195. The largest absolute Gasteiger partial charge is 0.325 e. The number of amides is 3. The van der Waals surface area contributed by atoms with E-state index in [1.165, 1.54) is 21.2 Å². The van der Waals surface area contributed by atoms with Gasteiger partial charge in [-0.05, 0) is 48.9 Å². The normalized spacial score (nSPS) is 20.1. The van der Waals surface area contributed by atoms with Gasteiger partial charge >= 0.3 is 4.87 Å². The molecule has 10 heteroatoms. The highest BCUT2D eigenvalue weighted by Gasteiger charge is 2.56. The molecule has 1 saturated heterocycles. The van der Waals surface area contributed by atoms with Crippen LogP contribution in [0.2, 0.25) is 0 Å². The number of anilines is 2. The second kappa shape index (κ2) is 10.3. The molecule has 3 heterocycles. The zero-order chi connectivity index (χ0) is 27.3. The molecule has 39 heavy (non-hydrogen) atoms. The maximum absolute atomic E-state index is 13.9. The second-order valence-corrected chi connectivity index (χ2v) is 12.5. The van der Waals surface area contributed by atoms with Crippen LogP contribution >= 0.6 is 39.0 Å². The van der Waals surface area contributed by atoms with Crippen molar-refractivity contribution in [1.82, 2.24) is 4.57 Å². The lowest BCUT2D eigenvalue weighted by Gasteiger charge is -2.30. The van der Waals surface area contributed by atoms with Gasteiger partial charge in [0, 0.05) is 21.0 Å². The Kier molecular flexibility index (Phi) is 6.78. The Labute approximate surface area is 241 Å². The van der Waals surface area contributed by atoms with Crippen LogP contribution < -0.4 is 15.1 Å². The number of para-hydroxylation sites is 1. The minimum Gasteiger partial charge on any atom is -0.325 e. The number of thiazole rings is 1. The van der Waals surface area contributed by atoms with Crippen molar-refractivity contribution >= 4 is 68.1 Å². The number of thioether (sulfide) groups is 1. The molecule has 0 bridgehead atoms. The molecule has 4 aromatic rings. The van der Waals surface area contributed by atoms with E-state index in [1.54, 1.807) is 24.3 Å². The Bertz CT molecular complexity index is 1670. The van der Waals surface area contributed by atoms with Crippen LogP contribution in [-0.2, 0) is 20.9 Å². The first-order valence-corrected chi connectivity index (χ1v) is 14.8. The number of imide groups is 1. The summed E-state index contributed by atoms with van der Waals surface area (Å²) in [5, 5.41) is 2.65. The molecule has 0 spiro atoms. The number of hydrogen-bond acceptors (Lipinski definition) is 6. The van der Waals surface area contributed by atoms with Gasteiger partial charge in [-0.2, -0.15) is 0 Å². The monoisotopic (exact) mass is 619 g/mol. The quantitative estimate of drug-likeness (QED) is 0.302. The first-order valence-electron chi connectivity index (χ1n) is 12.3. The molecule has 7 nitrogen and oxygen atoms in total. The number of carbonyl (C=O) groups is 3. The topological polar surface area (TPSA) is 88.5 Å². The van der Waals surface area contributed by atoms with Crippen molar-refractivity contribution in [2.24, 2.45) is 5.92 Å². The lowest BCUT2D eigenvalue weighted by Crippen LogP contribution is -2.33. The van der Waals surface area contributed by atoms with Gasteiger partial charge in [-0.25, -0.2) is 4.90 Å². The third-order valence-corrected chi connectivity index (χ3v) is 10.0. The van der Waals surface area contributed by atoms with Crippen molar-refractivity contribution in [3.63, 3.8) is 0 Å². The SMILES string of the molecule is Cc1ccc(N2C(=O)[C@H]3[C@H](c4cccc(Br)c4)c4sc(=O)n(CC(=O)Nc5ccccc5)c4S[C@H]3C2=O)cc1. The molecule has 1 aromatic heterocycles. The summed E-state index contributed by atoms with van der Waals surface area (Å²) < 4.78 is 2.26. The second-order valence-electron chi connectivity index (χ2n) is 9.48. The molecule has 3 amide bonds. The fraction of sp³-hybridized carbons (Fsp3) is 0.172. The highest BCUT2D eigenvalue weighted by atomic mass is 79.9. The number of benzene rings is 3. The van der Waals surface area contributed by atoms with Crippen LogP contribution in [0.25, 0.3) is 0 Å². The maximum atomic E-state index is 13.9. The number of rotatable bonds is 5. The number of halogens is 1. The highest BCUT2D eigenvalue weighted by Crippen LogP contribution is 2.54. The smallest absolute Gasteiger partial charge is 0.308 e. The van der Waals surface area contributed by atoms with Gasteiger partial charge in [0.25, 0.3) is 0 Å². The van der Waals surface area contributed by atoms with Crippen molar-refractivity contribution in [3.05, 3.63) is 109 Å². The van der Waals surface area contributed by atoms with Gasteiger partial charge in [-0.3, -0.25) is 23.7 Å². The van der Waals surface area contributed by atoms with Crippen molar-refractivity contribution < 1.29 is 14.4 Å². The molecule has 0 unspecified atom stereocenters. The molecule has 2 aliphatic heterocycles. The van der Waals surface area contributed by atoms with Gasteiger partial charge in [-0.15, -0.1) is 0 Å². The lowest BCUT2D eigenvalue weighted by atomic mass is 9.83. The standard InChI is InChI=1S/C29H22BrN3O4S2/c1-16-10-12-20(13-11-16)33-26(35)23-22(17-6-5-7-18(30)14-17)25-28(38-24(23)27(33)36)32(29(37)39-25)15-21(34)31-19-8-3-2-4-9-19/h2-14,22-24H,15H2,1H3,(H,31,34)/t22-,23-,24+/m0/s1. The minimum atomic E-state index is -0.729. The summed E-state index contributed by atoms with van der Waals surface area (Å²) in [6, 6.07) is 23.9. The molecule has 3 aromatic carbocycles. The first-order chi connectivity index (χ1) is 18.8. The van der Waals surface area contributed by atoms with Crippen molar-refractivity contribution in [1.29, 1.82) is 0 Å². The van der Waals surface area contributed by atoms with E-state index in [2.05, 4.69) is 21.2 Å². The summed E-state index contributed by atoms with van der Waals surface area (Å²) in [6.07, 6.45) is 0. The molecule has 2 aliphatic rings. The molecular weight excluding hydrogens is 598 g/mol. The van der Waals surface area contributed by atoms with E-state index in [4.69, 9.17) is 0 Å². The average Bonchev–Trinajstić information content (AvgIpc) is 3.36. The van der Waals surface area contributed by atoms with Crippen LogP contribution in [0.4, 0.5) is 11.4 Å². The Balaban J connectivity index is 1.42. The van der Waals surface area contributed by atoms with Crippen molar-refractivity contribution in [2.75, 3.05) is 10.2 Å². The van der Waals surface area contributed by atoms with Crippen LogP contribution in [0, 0.1) is 12.8 Å². The molecule has 1 N–H and O–H groups in total. The van der Waals surface area contributed by atoms with E-state index in [9.17, 15) is 19.2 Å². The zero-order valence-corrected chi connectivity index (χ0v) is 23.9. The van der Waals surface area contributed by atoms with E-state index in [1.807, 2.05) is 61.5 Å².